The molecule has 3 heteroatoms. The van der Waals surface area contributed by atoms with Crippen molar-refractivity contribution in [3.05, 3.63) is 108 Å². The standard InChI is InChI=1S/C35H28NOS/c1-35(2)27-15-7-5-11-21(27)25-19-26-22-12-6-8-16-29(22)36(31(26)20-28(25)35)30-17-9-13-23-24-14-10-18-32(38(3)4)34(24)37-33(23)30/h5-20H,1-4H3/q+1. The molecule has 0 saturated heterocycles. The van der Waals surface area contributed by atoms with Crippen LogP contribution in [0.15, 0.2) is 106 Å². The molecule has 7 aromatic rings. The van der Waals surface area contributed by atoms with Crippen molar-refractivity contribution in [2.75, 3.05) is 12.5 Å². The van der Waals surface area contributed by atoms with Gasteiger partial charge in [0.05, 0.1) is 16.7 Å². The number of hydrogen-bond acceptors (Lipinski definition) is 1. The molecule has 0 atom stereocenters. The second-order valence-corrected chi connectivity index (χ2v) is 13.2. The summed E-state index contributed by atoms with van der Waals surface area (Å²) in [5, 5.41) is 4.91. The second-order valence-electron chi connectivity index (χ2n) is 11.1. The Bertz CT molecular complexity index is 2090. The third-order valence-corrected chi connectivity index (χ3v) is 9.73. The third-order valence-electron chi connectivity index (χ3n) is 8.52. The molecule has 0 bridgehead atoms. The predicted octanol–water partition coefficient (Wildman–Crippen LogP) is 9.23. The normalized spacial score (nSPS) is 14.2. The van der Waals surface area contributed by atoms with Gasteiger partial charge in [-0.1, -0.05) is 80.6 Å². The van der Waals surface area contributed by atoms with E-state index in [4.69, 9.17) is 4.42 Å². The van der Waals surface area contributed by atoms with Crippen LogP contribution in [-0.2, 0) is 16.3 Å². The van der Waals surface area contributed by atoms with Gasteiger partial charge in [-0.05, 0) is 52.6 Å². The Morgan fingerprint density at radius 2 is 1.32 bits per heavy atom. The van der Waals surface area contributed by atoms with E-state index >= 15 is 0 Å². The van der Waals surface area contributed by atoms with Crippen LogP contribution in [0.1, 0.15) is 25.0 Å². The summed E-state index contributed by atoms with van der Waals surface area (Å²) in [4.78, 5) is 1.28. The van der Waals surface area contributed by atoms with Gasteiger partial charge in [-0.25, -0.2) is 0 Å². The van der Waals surface area contributed by atoms with Crippen molar-refractivity contribution in [3.8, 4) is 16.8 Å². The number of aromatic nitrogens is 1. The zero-order chi connectivity index (χ0) is 25.8. The van der Waals surface area contributed by atoms with Crippen molar-refractivity contribution in [1.82, 2.24) is 4.57 Å². The van der Waals surface area contributed by atoms with Crippen molar-refractivity contribution in [3.63, 3.8) is 0 Å². The average molecular weight is 511 g/mol. The van der Waals surface area contributed by atoms with Crippen molar-refractivity contribution in [2.45, 2.75) is 24.2 Å². The average Bonchev–Trinajstić information content (AvgIpc) is 3.54. The van der Waals surface area contributed by atoms with Crippen LogP contribution >= 0.6 is 0 Å². The van der Waals surface area contributed by atoms with E-state index in [-0.39, 0.29) is 16.3 Å². The fraction of sp³-hybridized carbons (Fsp3) is 0.143. The zero-order valence-electron chi connectivity index (χ0n) is 22.0. The smallest absolute Gasteiger partial charge is 0.197 e. The maximum Gasteiger partial charge on any atom is 0.197 e. The van der Waals surface area contributed by atoms with E-state index < -0.39 is 0 Å². The van der Waals surface area contributed by atoms with Gasteiger partial charge in [-0.15, -0.1) is 0 Å². The fourth-order valence-electron chi connectivity index (χ4n) is 6.70. The number of benzene rings is 5. The first-order valence-corrected chi connectivity index (χ1v) is 15.2. The van der Waals surface area contributed by atoms with E-state index in [1.54, 1.807) is 0 Å². The molecule has 0 amide bonds. The highest BCUT2D eigenvalue weighted by atomic mass is 32.2. The molecule has 0 N–H and O–H groups in total. The molecule has 0 fully saturated rings. The lowest BCUT2D eigenvalue weighted by atomic mass is 9.82. The van der Waals surface area contributed by atoms with Gasteiger partial charge in [0.15, 0.2) is 16.1 Å². The molecule has 0 unspecified atom stereocenters. The van der Waals surface area contributed by atoms with Gasteiger partial charge in [0.25, 0.3) is 0 Å². The largest absolute Gasteiger partial charge is 0.449 e. The molecule has 0 saturated carbocycles. The van der Waals surface area contributed by atoms with E-state index in [0.29, 0.717) is 0 Å². The van der Waals surface area contributed by atoms with Crippen molar-refractivity contribution in [2.24, 2.45) is 0 Å². The second kappa shape index (κ2) is 7.55. The Balaban J connectivity index is 1.51. The minimum atomic E-state index is -0.0557. The van der Waals surface area contributed by atoms with Crippen LogP contribution in [0, 0.1) is 0 Å². The van der Waals surface area contributed by atoms with Crippen molar-refractivity contribution in [1.29, 1.82) is 0 Å². The van der Waals surface area contributed by atoms with Crippen LogP contribution in [0.25, 0.3) is 60.6 Å². The highest BCUT2D eigenvalue weighted by molar-refractivity contribution is 7.95. The predicted molar refractivity (Wildman–Crippen MR) is 163 cm³/mol. The minimum Gasteiger partial charge on any atom is -0.449 e. The highest BCUT2D eigenvalue weighted by Gasteiger charge is 2.36. The van der Waals surface area contributed by atoms with Crippen LogP contribution in [0.5, 0.6) is 0 Å². The van der Waals surface area contributed by atoms with Crippen LogP contribution in [0.3, 0.4) is 0 Å². The molecule has 0 radical (unpaired) electrons. The molecule has 184 valence electrons. The number of para-hydroxylation sites is 3. The summed E-state index contributed by atoms with van der Waals surface area (Å²) in [5.74, 6) is 0. The van der Waals surface area contributed by atoms with Crippen LogP contribution in [0.4, 0.5) is 0 Å². The van der Waals surface area contributed by atoms with Crippen LogP contribution in [0.2, 0.25) is 0 Å². The Morgan fingerprint density at radius 3 is 2.16 bits per heavy atom. The summed E-state index contributed by atoms with van der Waals surface area (Å²) >= 11 is 0. The minimum absolute atomic E-state index is 0.0557. The Labute approximate surface area is 224 Å². The quantitative estimate of drug-likeness (QED) is 0.212. The molecule has 1 aliphatic rings. The summed E-state index contributed by atoms with van der Waals surface area (Å²) in [7, 11) is 0.103. The summed E-state index contributed by atoms with van der Waals surface area (Å²) in [5.41, 5.74) is 10.9. The maximum atomic E-state index is 6.77. The Morgan fingerprint density at radius 1 is 0.605 bits per heavy atom. The first-order chi connectivity index (χ1) is 18.4. The molecule has 0 aliphatic heterocycles. The molecule has 38 heavy (non-hydrogen) atoms. The summed E-state index contributed by atoms with van der Waals surface area (Å²) in [6, 6.07) is 35.7. The third kappa shape index (κ3) is 2.75. The molecule has 0 spiro atoms. The van der Waals surface area contributed by atoms with Gasteiger partial charge >= 0.3 is 0 Å². The molecular formula is C35H28NOS+. The first kappa shape index (κ1) is 22.1. The van der Waals surface area contributed by atoms with E-state index in [1.165, 1.54) is 59.7 Å². The Kier molecular flexibility index (Phi) is 4.39. The maximum absolute atomic E-state index is 6.77. The van der Waals surface area contributed by atoms with E-state index in [1.807, 2.05) is 0 Å². The number of nitrogens with zero attached hydrogens (tertiary/aromatic N) is 1. The highest BCUT2D eigenvalue weighted by Crippen LogP contribution is 2.51. The van der Waals surface area contributed by atoms with Gasteiger partial charge < -0.3 is 8.98 Å². The molecule has 2 aromatic heterocycles. The number of rotatable bonds is 2. The van der Waals surface area contributed by atoms with E-state index in [2.05, 4.69) is 128 Å². The number of furan rings is 1. The summed E-state index contributed by atoms with van der Waals surface area (Å²) in [6.07, 6.45) is 4.52. The fourth-order valence-corrected chi connectivity index (χ4v) is 7.57. The van der Waals surface area contributed by atoms with Crippen molar-refractivity contribution >= 4 is 54.6 Å². The lowest BCUT2D eigenvalue weighted by Gasteiger charge is -2.21. The van der Waals surface area contributed by atoms with Gasteiger partial charge in [-0.2, -0.15) is 0 Å². The van der Waals surface area contributed by atoms with Gasteiger partial charge in [0.2, 0.25) is 0 Å². The van der Waals surface area contributed by atoms with Crippen molar-refractivity contribution < 1.29 is 4.42 Å². The number of fused-ring (bicyclic) bond motifs is 9. The molecule has 1 aliphatic carbocycles. The summed E-state index contributed by atoms with van der Waals surface area (Å²) < 4.78 is 9.19. The van der Waals surface area contributed by atoms with Crippen LogP contribution in [-0.4, -0.2) is 17.1 Å². The molecular weight excluding hydrogens is 482 g/mol. The molecule has 5 aromatic carbocycles. The topological polar surface area (TPSA) is 18.1 Å². The first-order valence-electron chi connectivity index (χ1n) is 13.1. The molecule has 2 heterocycles. The lowest BCUT2D eigenvalue weighted by molar-refractivity contribution is 0.657. The zero-order valence-corrected chi connectivity index (χ0v) is 22.8. The van der Waals surface area contributed by atoms with Gasteiger partial charge in [-0.3, -0.25) is 0 Å². The number of hydrogen-bond donors (Lipinski definition) is 0. The SMILES string of the molecule is C[S+](C)c1cccc2c1oc1c(-n3c4ccccc4c4cc5c(cc43)C(C)(C)c3ccccc3-5)cccc12. The summed E-state index contributed by atoms with van der Waals surface area (Å²) in [6.45, 7) is 4.70. The lowest BCUT2D eigenvalue weighted by Crippen LogP contribution is -2.14. The molecule has 8 rings (SSSR count). The monoisotopic (exact) mass is 510 g/mol. The molecule has 2 nitrogen and oxygen atoms in total. The van der Waals surface area contributed by atoms with Crippen LogP contribution < -0.4 is 0 Å². The van der Waals surface area contributed by atoms with E-state index in [9.17, 15) is 0 Å². The van der Waals surface area contributed by atoms with Gasteiger partial charge in [0.1, 0.15) is 12.5 Å². The van der Waals surface area contributed by atoms with E-state index in [0.717, 1.165) is 16.9 Å². The van der Waals surface area contributed by atoms with Gasteiger partial charge in [0, 0.05) is 37.9 Å². The Hall–Kier alpha value is -3.95.